The van der Waals surface area contributed by atoms with E-state index < -0.39 is 0 Å². The molecule has 1 heterocycles. The van der Waals surface area contributed by atoms with Gasteiger partial charge in [-0.05, 0) is 90.7 Å². The summed E-state index contributed by atoms with van der Waals surface area (Å²) in [5, 5.41) is 0. The van der Waals surface area contributed by atoms with Gasteiger partial charge < -0.3 is 4.74 Å². The Morgan fingerprint density at radius 2 is 1.76 bits per heavy atom. The highest BCUT2D eigenvalue weighted by Crippen LogP contribution is 2.66. The molecule has 1 aromatic heterocycles. The number of ether oxygens (including phenoxy) is 1. The number of carbonyl (C=O) groups is 1. The monoisotopic (exact) mass is 503 g/mol. The second-order valence-electron chi connectivity index (χ2n) is 13.0. The molecule has 0 aliphatic heterocycles. The molecule has 4 aliphatic carbocycles. The molecule has 2 saturated carbocycles. The fraction of sp³-hybridized carbons (Fsp3) is 0.706. The number of carbonyl (C=O) groups excluding carboxylic acids is 1. The lowest BCUT2D eigenvalue weighted by molar-refractivity contribution is -0.151. The number of rotatable bonds is 10. The Labute approximate surface area is 225 Å². The number of unbranched alkanes of at least 4 members (excludes halogenated alkanes) is 6. The molecule has 0 N–H and O–H groups in total. The summed E-state index contributed by atoms with van der Waals surface area (Å²) < 4.78 is 6.02. The van der Waals surface area contributed by atoms with E-state index >= 15 is 0 Å². The second kappa shape index (κ2) is 11.5. The summed E-state index contributed by atoms with van der Waals surface area (Å²) in [7, 11) is 0. The summed E-state index contributed by atoms with van der Waals surface area (Å²) in [6.45, 7) is 7.32. The fourth-order valence-electron chi connectivity index (χ4n) is 8.74. The van der Waals surface area contributed by atoms with Gasteiger partial charge in [0, 0.05) is 25.2 Å². The van der Waals surface area contributed by atoms with Crippen molar-refractivity contribution < 1.29 is 9.53 Å². The second-order valence-corrected chi connectivity index (χ2v) is 13.0. The van der Waals surface area contributed by atoms with Crippen LogP contribution in [0.3, 0.4) is 0 Å². The summed E-state index contributed by atoms with van der Waals surface area (Å²) in [6, 6.07) is 4.32. The number of hydrogen-bond acceptors (Lipinski definition) is 3. The Bertz CT molecular complexity index is 996. The number of aromatic nitrogens is 1. The van der Waals surface area contributed by atoms with Gasteiger partial charge >= 0.3 is 5.97 Å². The number of pyridine rings is 1. The van der Waals surface area contributed by atoms with Crippen molar-refractivity contribution in [3.05, 3.63) is 47.8 Å². The first-order valence-corrected chi connectivity index (χ1v) is 15.5. The minimum Gasteiger partial charge on any atom is -0.462 e. The standard InChI is InChI=1S/C34H49NO2/c1-4-5-6-7-8-9-10-13-32(36)37-27-18-20-33(2)26(23-27)14-15-28-30-17-16-29(25-12-11-22-35-24-25)34(30,3)21-19-31(28)33/h11-12,14,16,22,24,27-28,30-31H,4-10,13,15,17-21,23H2,1-3H3/t27-,28-,30-,31?,33-,34+/m0/s1. The molecular weight excluding hydrogens is 454 g/mol. The van der Waals surface area contributed by atoms with E-state index in [4.69, 9.17) is 4.74 Å². The Balaban J connectivity index is 1.16. The molecule has 4 aliphatic rings. The number of esters is 1. The predicted molar refractivity (Wildman–Crippen MR) is 152 cm³/mol. The third-order valence-corrected chi connectivity index (χ3v) is 10.9. The SMILES string of the molecule is CCCCCCCCCC(=O)O[C@H]1CC[C@@]2(C)C(=CC[C@@H]3C2CC[C@]2(C)C(c4cccnc4)=CC[C@@H]32)C1. The van der Waals surface area contributed by atoms with Crippen LogP contribution in [0.25, 0.3) is 5.57 Å². The van der Waals surface area contributed by atoms with E-state index in [1.165, 1.54) is 69.8 Å². The van der Waals surface area contributed by atoms with Crippen molar-refractivity contribution in [3.63, 3.8) is 0 Å². The van der Waals surface area contributed by atoms with Gasteiger partial charge in [-0.15, -0.1) is 0 Å². The van der Waals surface area contributed by atoms with Crippen molar-refractivity contribution in [2.75, 3.05) is 0 Å². The molecule has 37 heavy (non-hydrogen) atoms. The zero-order valence-corrected chi connectivity index (χ0v) is 23.6. The molecule has 202 valence electrons. The zero-order valence-electron chi connectivity index (χ0n) is 23.6. The van der Waals surface area contributed by atoms with Gasteiger partial charge in [-0.25, -0.2) is 0 Å². The van der Waals surface area contributed by atoms with Crippen LogP contribution in [0.1, 0.15) is 123 Å². The van der Waals surface area contributed by atoms with E-state index in [2.05, 4.69) is 56.2 Å². The average molecular weight is 504 g/mol. The summed E-state index contributed by atoms with van der Waals surface area (Å²) in [4.78, 5) is 17.0. The molecule has 6 atom stereocenters. The van der Waals surface area contributed by atoms with Gasteiger partial charge in [-0.3, -0.25) is 9.78 Å². The number of allylic oxidation sites excluding steroid dienone is 3. The van der Waals surface area contributed by atoms with Crippen LogP contribution in [0.2, 0.25) is 0 Å². The molecular formula is C34H49NO2. The summed E-state index contributed by atoms with van der Waals surface area (Å²) in [5.74, 6) is 2.28. The van der Waals surface area contributed by atoms with Gasteiger partial charge in [0.25, 0.3) is 0 Å². The van der Waals surface area contributed by atoms with Gasteiger partial charge in [-0.2, -0.15) is 0 Å². The van der Waals surface area contributed by atoms with Crippen LogP contribution in [0, 0.1) is 28.6 Å². The lowest BCUT2D eigenvalue weighted by atomic mass is 9.47. The highest BCUT2D eigenvalue weighted by atomic mass is 16.5. The molecule has 0 saturated heterocycles. The molecule has 3 nitrogen and oxygen atoms in total. The molecule has 0 bridgehead atoms. The van der Waals surface area contributed by atoms with Crippen LogP contribution < -0.4 is 0 Å². The number of nitrogens with zero attached hydrogens (tertiary/aromatic N) is 1. The maximum absolute atomic E-state index is 12.6. The normalized spacial score (nSPS) is 34.6. The van der Waals surface area contributed by atoms with Crippen LogP contribution in [-0.2, 0) is 9.53 Å². The van der Waals surface area contributed by atoms with Crippen LogP contribution in [-0.4, -0.2) is 17.1 Å². The van der Waals surface area contributed by atoms with Crippen molar-refractivity contribution in [1.82, 2.24) is 4.98 Å². The highest BCUT2D eigenvalue weighted by molar-refractivity contribution is 5.72. The smallest absolute Gasteiger partial charge is 0.306 e. The van der Waals surface area contributed by atoms with Gasteiger partial charge in [0.15, 0.2) is 0 Å². The number of fused-ring (bicyclic) bond motifs is 5. The quantitative estimate of drug-likeness (QED) is 0.181. The molecule has 1 unspecified atom stereocenters. The first-order valence-electron chi connectivity index (χ1n) is 15.5. The lowest BCUT2D eigenvalue weighted by Gasteiger charge is -2.57. The summed E-state index contributed by atoms with van der Waals surface area (Å²) in [6.07, 6.45) is 26.5. The Hall–Kier alpha value is -1.90. The topological polar surface area (TPSA) is 39.2 Å². The fourth-order valence-corrected chi connectivity index (χ4v) is 8.74. The third kappa shape index (κ3) is 5.34. The molecule has 5 rings (SSSR count). The minimum atomic E-state index is 0.0323. The highest BCUT2D eigenvalue weighted by Gasteiger charge is 2.57. The van der Waals surface area contributed by atoms with Crippen molar-refractivity contribution in [2.24, 2.45) is 28.6 Å². The first-order chi connectivity index (χ1) is 18.0. The maximum atomic E-state index is 12.6. The van der Waals surface area contributed by atoms with E-state index in [1.807, 2.05) is 6.20 Å². The van der Waals surface area contributed by atoms with Crippen molar-refractivity contribution in [1.29, 1.82) is 0 Å². The Morgan fingerprint density at radius 3 is 2.54 bits per heavy atom. The predicted octanol–water partition coefficient (Wildman–Crippen LogP) is 9.09. The van der Waals surface area contributed by atoms with Crippen molar-refractivity contribution >= 4 is 11.5 Å². The molecule has 0 spiro atoms. The Morgan fingerprint density at radius 1 is 0.973 bits per heavy atom. The van der Waals surface area contributed by atoms with Crippen LogP contribution in [0.5, 0.6) is 0 Å². The van der Waals surface area contributed by atoms with E-state index in [9.17, 15) is 4.79 Å². The largest absolute Gasteiger partial charge is 0.462 e. The minimum absolute atomic E-state index is 0.0323. The molecule has 3 heteroatoms. The van der Waals surface area contributed by atoms with E-state index in [1.54, 1.807) is 11.1 Å². The maximum Gasteiger partial charge on any atom is 0.306 e. The van der Waals surface area contributed by atoms with Gasteiger partial charge in [0.1, 0.15) is 6.10 Å². The van der Waals surface area contributed by atoms with Gasteiger partial charge in [0.2, 0.25) is 0 Å². The molecule has 0 radical (unpaired) electrons. The first kappa shape index (κ1) is 26.7. The van der Waals surface area contributed by atoms with Crippen molar-refractivity contribution in [2.45, 2.75) is 123 Å². The van der Waals surface area contributed by atoms with Crippen LogP contribution in [0.4, 0.5) is 0 Å². The van der Waals surface area contributed by atoms with E-state index in [0.29, 0.717) is 6.42 Å². The Kier molecular flexibility index (Phi) is 8.27. The van der Waals surface area contributed by atoms with Gasteiger partial charge in [0.05, 0.1) is 0 Å². The van der Waals surface area contributed by atoms with Crippen molar-refractivity contribution in [3.8, 4) is 0 Å². The van der Waals surface area contributed by atoms with E-state index in [0.717, 1.165) is 43.4 Å². The van der Waals surface area contributed by atoms with Crippen LogP contribution >= 0.6 is 0 Å². The average Bonchev–Trinajstić information content (AvgIpc) is 3.26. The third-order valence-electron chi connectivity index (χ3n) is 10.9. The lowest BCUT2D eigenvalue weighted by Crippen LogP contribution is -2.50. The van der Waals surface area contributed by atoms with E-state index in [-0.39, 0.29) is 22.9 Å². The zero-order chi connectivity index (χ0) is 25.9. The molecule has 1 aromatic rings. The molecule has 0 amide bonds. The van der Waals surface area contributed by atoms with Gasteiger partial charge in [-0.1, -0.05) is 83.1 Å². The van der Waals surface area contributed by atoms with Crippen LogP contribution in [0.15, 0.2) is 42.3 Å². The number of hydrogen-bond donors (Lipinski definition) is 0. The molecule has 2 fully saturated rings. The molecule has 0 aromatic carbocycles. The summed E-state index contributed by atoms with van der Waals surface area (Å²) >= 11 is 0. The summed E-state index contributed by atoms with van der Waals surface area (Å²) in [5.41, 5.74) is 5.01.